The molecule has 4 N–H and O–H groups in total. The van der Waals surface area contributed by atoms with E-state index in [-0.39, 0.29) is 35.5 Å². The Morgan fingerprint density at radius 1 is 1.19 bits per heavy atom. The molecule has 0 unspecified atom stereocenters. The molecule has 1 fully saturated rings. The summed E-state index contributed by atoms with van der Waals surface area (Å²) in [4.78, 5) is 28.0. The summed E-state index contributed by atoms with van der Waals surface area (Å²) >= 11 is 0. The molecule has 27 heavy (non-hydrogen) atoms. The summed E-state index contributed by atoms with van der Waals surface area (Å²) in [6, 6.07) is 5.65. The van der Waals surface area contributed by atoms with E-state index in [0.717, 1.165) is 0 Å². The topological polar surface area (TPSA) is 154 Å². The van der Waals surface area contributed by atoms with Crippen molar-refractivity contribution >= 4 is 23.5 Å². The molecular formula is C15H13FN8O3. The fraction of sp³-hybridized carbons (Fsp3) is 0.200. The van der Waals surface area contributed by atoms with Crippen LogP contribution in [0.5, 0.6) is 0 Å². The second kappa shape index (κ2) is 6.92. The van der Waals surface area contributed by atoms with E-state index in [9.17, 15) is 9.18 Å². The maximum absolute atomic E-state index is 13.3. The van der Waals surface area contributed by atoms with Gasteiger partial charge < -0.3 is 25.6 Å². The molecule has 2 aromatic heterocycles. The van der Waals surface area contributed by atoms with Crippen molar-refractivity contribution in [3.63, 3.8) is 0 Å². The van der Waals surface area contributed by atoms with Crippen LogP contribution in [-0.2, 0) is 4.74 Å². The van der Waals surface area contributed by atoms with Crippen molar-refractivity contribution in [1.82, 2.24) is 30.4 Å². The van der Waals surface area contributed by atoms with Gasteiger partial charge in [0.05, 0.1) is 19.3 Å². The highest BCUT2D eigenvalue weighted by Crippen LogP contribution is 2.18. The first-order valence-corrected chi connectivity index (χ1v) is 7.83. The summed E-state index contributed by atoms with van der Waals surface area (Å²) < 4.78 is 23.2. The maximum atomic E-state index is 13.3. The highest BCUT2D eigenvalue weighted by Gasteiger charge is 2.25. The van der Waals surface area contributed by atoms with Crippen LogP contribution in [0, 0.1) is 5.82 Å². The quantitative estimate of drug-likeness (QED) is 0.577. The van der Waals surface area contributed by atoms with Crippen LogP contribution in [0.15, 0.2) is 28.8 Å². The average molecular weight is 372 g/mol. The molecule has 0 radical (unpaired) electrons. The van der Waals surface area contributed by atoms with E-state index < -0.39 is 11.7 Å². The van der Waals surface area contributed by atoms with E-state index in [1.165, 1.54) is 18.2 Å². The van der Waals surface area contributed by atoms with Crippen molar-refractivity contribution < 1.29 is 18.4 Å². The first-order chi connectivity index (χ1) is 13.1. The molecule has 0 spiro atoms. The van der Waals surface area contributed by atoms with E-state index in [1.807, 2.05) is 0 Å². The average Bonchev–Trinajstić information content (AvgIpc) is 3.08. The molecular weight excluding hydrogens is 359 g/mol. The van der Waals surface area contributed by atoms with Gasteiger partial charge in [-0.05, 0) is 18.2 Å². The van der Waals surface area contributed by atoms with Crippen molar-refractivity contribution in [2.24, 2.45) is 0 Å². The monoisotopic (exact) mass is 372 g/mol. The highest BCUT2D eigenvalue weighted by atomic mass is 19.1. The lowest BCUT2D eigenvalue weighted by atomic mass is 10.2. The first kappa shape index (κ1) is 16.8. The number of anilines is 3. The van der Waals surface area contributed by atoms with Gasteiger partial charge in [0, 0.05) is 5.69 Å². The highest BCUT2D eigenvalue weighted by molar-refractivity contribution is 5.90. The molecule has 11 nitrogen and oxygen atoms in total. The molecule has 0 atom stereocenters. The molecule has 4 rings (SSSR count). The number of carbonyl (C=O) groups excluding carboxylic acids is 1. The second-order valence-electron chi connectivity index (χ2n) is 5.61. The normalized spacial score (nSPS) is 13.8. The third kappa shape index (κ3) is 3.79. The van der Waals surface area contributed by atoms with Crippen LogP contribution in [-0.4, -0.2) is 50.3 Å². The standard InChI is InChI=1S/C15H13FN8O3/c16-7-2-1-3-8(4-7)19-15-22-10(21-14(17)23-15)11-20-13(27-24-11)12(25)18-9-5-26-6-9/h1-4,9H,5-6H2,(H,18,25)(H3,17,19,21,22,23). The summed E-state index contributed by atoms with van der Waals surface area (Å²) in [7, 11) is 0. The fourth-order valence-electron chi connectivity index (χ4n) is 2.22. The number of hydrogen-bond acceptors (Lipinski definition) is 10. The number of carbonyl (C=O) groups is 1. The minimum absolute atomic E-state index is 0.00354. The maximum Gasteiger partial charge on any atom is 0.316 e. The van der Waals surface area contributed by atoms with Crippen molar-refractivity contribution in [3.8, 4) is 11.6 Å². The molecule has 1 amide bonds. The van der Waals surface area contributed by atoms with Gasteiger partial charge in [-0.25, -0.2) is 4.39 Å². The molecule has 138 valence electrons. The number of rotatable bonds is 5. The van der Waals surface area contributed by atoms with Crippen LogP contribution in [0.3, 0.4) is 0 Å². The molecule has 3 heterocycles. The van der Waals surface area contributed by atoms with Crippen LogP contribution >= 0.6 is 0 Å². The number of amides is 1. The molecule has 0 aliphatic carbocycles. The van der Waals surface area contributed by atoms with Crippen LogP contribution in [0.2, 0.25) is 0 Å². The zero-order valence-corrected chi connectivity index (χ0v) is 13.7. The fourth-order valence-corrected chi connectivity index (χ4v) is 2.22. The molecule has 1 saturated heterocycles. The Morgan fingerprint density at radius 2 is 2.04 bits per heavy atom. The number of aromatic nitrogens is 5. The van der Waals surface area contributed by atoms with Gasteiger partial charge in [0.1, 0.15) is 5.82 Å². The third-order valence-corrected chi connectivity index (χ3v) is 3.53. The van der Waals surface area contributed by atoms with Gasteiger partial charge in [0.2, 0.25) is 23.5 Å². The minimum atomic E-state index is -0.526. The Labute approximate surface area is 151 Å². The number of benzene rings is 1. The third-order valence-electron chi connectivity index (χ3n) is 3.53. The summed E-state index contributed by atoms with van der Waals surface area (Å²) in [5.74, 6) is -1.28. The van der Waals surface area contributed by atoms with Gasteiger partial charge in [0.15, 0.2) is 0 Å². The lowest BCUT2D eigenvalue weighted by Crippen LogP contribution is -2.48. The van der Waals surface area contributed by atoms with Crippen molar-refractivity contribution in [2.45, 2.75) is 6.04 Å². The number of nitrogens with two attached hydrogens (primary N) is 1. The number of ether oxygens (including phenoxy) is 1. The van der Waals surface area contributed by atoms with E-state index >= 15 is 0 Å². The Kier molecular flexibility index (Phi) is 4.30. The second-order valence-corrected chi connectivity index (χ2v) is 5.61. The van der Waals surface area contributed by atoms with E-state index in [0.29, 0.717) is 18.9 Å². The van der Waals surface area contributed by atoms with E-state index in [1.54, 1.807) is 6.07 Å². The van der Waals surface area contributed by atoms with Crippen LogP contribution < -0.4 is 16.4 Å². The number of hydrogen-bond donors (Lipinski definition) is 3. The van der Waals surface area contributed by atoms with Crippen LogP contribution in [0.25, 0.3) is 11.6 Å². The Hall–Kier alpha value is -3.67. The predicted molar refractivity (Wildman–Crippen MR) is 89.3 cm³/mol. The van der Waals surface area contributed by atoms with Gasteiger partial charge in [-0.3, -0.25) is 4.79 Å². The van der Waals surface area contributed by atoms with E-state index in [2.05, 4.69) is 35.7 Å². The molecule has 12 heteroatoms. The zero-order chi connectivity index (χ0) is 18.8. The molecule has 0 bridgehead atoms. The Balaban J connectivity index is 1.55. The summed E-state index contributed by atoms with van der Waals surface area (Å²) in [6.45, 7) is 0.873. The molecule has 0 saturated carbocycles. The molecule has 3 aromatic rings. The number of halogens is 1. The van der Waals surface area contributed by atoms with Gasteiger partial charge in [0.25, 0.3) is 0 Å². The van der Waals surface area contributed by atoms with Gasteiger partial charge in [-0.1, -0.05) is 11.2 Å². The zero-order valence-electron chi connectivity index (χ0n) is 13.7. The minimum Gasteiger partial charge on any atom is -0.377 e. The van der Waals surface area contributed by atoms with Crippen molar-refractivity contribution in [2.75, 3.05) is 24.3 Å². The summed E-state index contributed by atoms with van der Waals surface area (Å²) in [6.07, 6.45) is 0. The van der Waals surface area contributed by atoms with Gasteiger partial charge in [-0.15, -0.1) is 0 Å². The van der Waals surface area contributed by atoms with Gasteiger partial charge >= 0.3 is 11.8 Å². The van der Waals surface area contributed by atoms with Crippen LogP contribution in [0.4, 0.5) is 22.0 Å². The van der Waals surface area contributed by atoms with Crippen LogP contribution in [0.1, 0.15) is 10.7 Å². The van der Waals surface area contributed by atoms with Crippen molar-refractivity contribution in [1.29, 1.82) is 0 Å². The Bertz CT molecular complexity index is 991. The predicted octanol–water partition coefficient (Wildman–Crippen LogP) is 0.515. The largest absolute Gasteiger partial charge is 0.377 e. The lowest BCUT2D eigenvalue weighted by Gasteiger charge is -2.25. The number of nitrogen functional groups attached to an aromatic ring is 1. The summed E-state index contributed by atoms with van der Waals surface area (Å²) in [5.41, 5.74) is 6.10. The molecule has 1 aliphatic heterocycles. The Morgan fingerprint density at radius 3 is 2.78 bits per heavy atom. The number of nitrogens with one attached hydrogen (secondary N) is 2. The lowest BCUT2D eigenvalue weighted by molar-refractivity contribution is -0.00412. The first-order valence-electron chi connectivity index (χ1n) is 7.83. The smallest absolute Gasteiger partial charge is 0.316 e. The molecule has 1 aromatic carbocycles. The van der Waals surface area contributed by atoms with Crippen molar-refractivity contribution in [3.05, 3.63) is 36.0 Å². The van der Waals surface area contributed by atoms with Gasteiger partial charge in [-0.2, -0.15) is 19.9 Å². The van der Waals surface area contributed by atoms with E-state index in [4.69, 9.17) is 15.0 Å². The SMILES string of the molecule is Nc1nc(Nc2cccc(F)c2)nc(-c2noc(C(=O)NC3COC3)n2)n1. The summed E-state index contributed by atoms with van der Waals surface area (Å²) in [5, 5.41) is 9.17. The molecule has 1 aliphatic rings. The number of nitrogens with zero attached hydrogens (tertiary/aromatic N) is 5.